The number of nitrogens with zero attached hydrogens (tertiary/aromatic N) is 4. The predicted octanol–water partition coefficient (Wildman–Crippen LogP) is 4.82. The molecule has 0 atom stereocenters. The number of hydrogen-bond acceptors (Lipinski definition) is 4. The molecule has 34 heavy (non-hydrogen) atoms. The Bertz CT molecular complexity index is 1420. The van der Waals surface area contributed by atoms with Crippen LogP contribution in [0, 0.1) is 12.7 Å². The molecular weight excluding hydrogens is 457 g/mol. The highest BCUT2D eigenvalue weighted by Gasteiger charge is 2.25. The molecule has 0 aliphatic carbocycles. The van der Waals surface area contributed by atoms with Gasteiger partial charge in [0.25, 0.3) is 11.8 Å². The van der Waals surface area contributed by atoms with Crippen LogP contribution in [-0.2, 0) is 6.42 Å². The van der Waals surface area contributed by atoms with E-state index in [2.05, 4.69) is 15.6 Å². The van der Waals surface area contributed by atoms with E-state index >= 15 is 0 Å². The summed E-state index contributed by atoms with van der Waals surface area (Å²) in [7, 11) is 0. The number of anilines is 2. The normalized spacial score (nSPS) is 12.5. The van der Waals surface area contributed by atoms with Gasteiger partial charge in [-0.25, -0.2) is 9.07 Å². The van der Waals surface area contributed by atoms with E-state index < -0.39 is 11.7 Å². The second kappa shape index (κ2) is 8.72. The van der Waals surface area contributed by atoms with Crippen molar-refractivity contribution >= 4 is 34.8 Å². The Kier molecular flexibility index (Phi) is 5.59. The zero-order valence-electron chi connectivity index (χ0n) is 18.1. The summed E-state index contributed by atoms with van der Waals surface area (Å²) in [6, 6.07) is 18.7. The summed E-state index contributed by atoms with van der Waals surface area (Å²) >= 11 is 5.85. The van der Waals surface area contributed by atoms with Gasteiger partial charge in [0, 0.05) is 23.5 Å². The van der Waals surface area contributed by atoms with Gasteiger partial charge in [0.05, 0.1) is 16.4 Å². The summed E-state index contributed by atoms with van der Waals surface area (Å²) in [6.45, 7) is 2.33. The van der Waals surface area contributed by atoms with Crippen molar-refractivity contribution < 1.29 is 14.0 Å². The summed E-state index contributed by atoms with van der Waals surface area (Å²) in [5.74, 6) is -1.08. The van der Waals surface area contributed by atoms with E-state index in [9.17, 15) is 14.0 Å². The first-order chi connectivity index (χ1) is 16.4. The van der Waals surface area contributed by atoms with Crippen LogP contribution in [0.25, 0.3) is 5.69 Å². The highest BCUT2D eigenvalue weighted by Crippen LogP contribution is 2.29. The second-order valence-corrected chi connectivity index (χ2v) is 8.31. The van der Waals surface area contributed by atoms with Gasteiger partial charge in [0.1, 0.15) is 5.82 Å². The van der Waals surface area contributed by atoms with Crippen molar-refractivity contribution in [3.05, 3.63) is 100 Å². The van der Waals surface area contributed by atoms with Crippen LogP contribution in [0.1, 0.15) is 32.1 Å². The second-order valence-electron chi connectivity index (χ2n) is 7.90. The van der Waals surface area contributed by atoms with Gasteiger partial charge in [-0.1, -0.05) is 35.0 Å². The van der Waals surface area contributed by atoms with Crippen molar-refractivity contribution in [3.8, 4) is 5.69 Å². The average molecular weight is 476 g/mol. The highest BCUT2D eigenvalue weighted by atomic mass is 35.5. The highest BCUT2D eigenvalue weighted by molar-refractivity contribution is 6.30. The number of rotatable bonds is 4. The summed E-state index contributed by atoms with van der Waals surface area (Å²) in [5, 5.41) is 10.7. The maximum Gasteiger partial charge on any atom is 0.278 e. The third kappa shape index (κ3) is 3.92. The Morgan fingerprint density at radius 2 is 1.82 bits per heavy atom. The molecular formula is C25H19ClFN5O2. The van der Waals surface area contributed by atoms with Crippen molar-refractivity contribution in [1.29, 1.82) is 0 Å². The number of hydrogen-bond donors (Lipinski definition) is 1. The van der Waals surface area contributed by atoms with Crippen molar-refractivity contribution in [2.45, 2.75) is 13.3 Å². The minimum atomic E-state index is -0.544. The first-order valence-electron chi connectivity index (χ1n) is 10.6. The molecule has 7 nitrogen and oxygen atoms in total. The zero-order valence-corrected chi connectivity index (χ0v) is 18.9. The SMILES string of the molecule is Cc1c(C(=O)Nc2ccc(C(=O)N3CCc4ccccc43)cc2)nnn1-c1ccc(F)c(Cl)c1. The lowest BCUT2D eigenvalue weighted by Gasteiger charge is -2.17. The largest absolute Gasteiger partial charge is 0.321 e. The van der Waals surface area contributed by atoms with E-state index in [-0.39, 0.29) is 16.6 Å². The van der Waals surface area contributed by atoms with Gasteiger partial charge < -0.3 is 10.2 Å². The maximum absolute atomic E-state index is 13.5. The van der Waals surface area contributed by atoms with Gasteiger partial charge in [-0.15, -0.1) is 5.10 Å². The fourth-order valence-corrected chi connectivity index (χ4v) is 4.17. The maximum atomic E-state index is 13.5. The molecule has 9 heteroatoms. The molecule has 0 radical (unpaired) electrons. The lowest BCUT2D eigenvalue weighted by molar-refractivity contribution is 0.0988. The van der Waals surface area contributed by atoms with Gasteiger partial charge in [-0.2, -0.15) is 0 Å². The minimum Gasteiger partial charge on any atom is -0.321 e. The molecule has 0 unspecified atom stereocenters. The topological polar surface area (TPSA) is 80.1 Å². The average Bonchev–Trinajstić information content (AvgIpc) is 3.45. The number of fused-ring (bicyclic) bond motifs is 1. The van der Waals surface area contributed by atoms with Crippen LogP contribution in [0.4, 0.5) is 15.8 Å². The number of halogens is 2. The van der Waals surface area contributed by atoms with Crippen LogP contribution >= 0.6 is 11.6 Å². The Balaban J connectivity index is 1.30. The fourth-order valence-electron chi connectivity index (χ4n) is 3.99. The third-order valence-corrected chi connectivity index (χ3v) is 6.07. The molecule has 0 bridgehead atoms. The van der Waals surface area contributed by atoms with E-state index in [1.807, 2.05) is 24.3 Å². The molecule has 4 aromatic rings. The first kappa shape index (κ1) is 21.8. The Morgan fingerprint density at radius 1 is 1.06 bits per heavy atom. The van der Waals surface area contributed by atoms with Crippen LogP contribution in [0.3, 0.4) is 0 Å². The third-order valence-electron chi connectivity index (χ3n) is 5.78. The van der Waals surface area contributed by atoms with Gasteiger partial charge in [0.2, 0.25) is 0 Å². The summed E-state index contributed by atoms with van der Waals surface area (Å²) in [6.07, 6.45) is 0.834. The molecule has 2 heterocycles. The van der Waals surface area contributed by atoms with Crippen molar-refractivity contribution in [1.82, 2.24) is 15.0 Å². The van der Waals surface area contributed by atoms with E-state index in [4.69, 9.17) is 11.6 Å². The number of amides is 2. The molecule has 1 aliphatic heterocycles. The number of carbonyl (C=O) groups excluding carboxylic acids is 2. The van der Waals surface area contributed by atoms with Crippen LogP contribution in [0.5, 0.6) is 0 Å². The molecule has 0 saturated carbocycles. The van der Waals surface area contributed by atoms with Gasteiger partial charge >= 0.3 is 0 Å². The molecule has 1 N–H and O–H groups in total. The Labute approximate surface area is 199 Å². The van der Waals surface area contributed by atoms with Crippen LogP contribution in [-0.4, -0.2) is 33.4 Å². The van der Waals surface area contributed by atoms with Gasteiger partial charge in [0.15, 0.2) is 5.69 Å². The number of carbonyl (C=O) groups is 2. The quantitative estimate of drug-likeness (QED) is 0.458. The number of benzene rings is 3. The molecule has 0 spiro atoms. The molecule has 5 rings (SSSR count). The summed E-state index contributed by atoms with van der Waals surface area (Å²) in [4.78, 5) is 27.5. The van der Waals surface area contributed by atoms with Gasteiger partial charge in [-0.3, -0.25) is 9.59 Å². The Hall–Kier alpha value is -4.04. The molecule has 3 aromatic carbocycles. The molecule has 0 saturated heterocycles. The predicted molar refractivity (Wildman–Crippen MR) is 127 cm³/mol. The minimum absolute atomic E-state index is 0.0505. The van der Waals surface area contributed by atoms with E-state index in [0.717, 1.165) is 17.7 Å². The molecule has 0 fully saturated rings. The lowest BCUT2D eigenvalue weighted by Crippen LogP contribution is -2.28. The molecule has 1 aliphatic rings. The lowest BCUT2D eigenvalue weighted by atomic mass is 10.1. The molecule has 170 valence electrons. The standard InChI is InChI=1S/C25H19ClFN5O2/c1-15-23(29-30-32(15)19-10-11-21(27)20(26)14-19)24(33)28-18-8-6-17(7-9-18)25(34)31-13-12-16-4-2-3-5-22(16)31/h2-11,14H,12-13H2,1H3,(H,28,33). The van der Waals surface area contributed by atoms with Crippen LogP contribution < -0.4 is 10.2 Å². The monoisotopic (exact) mass is 475 g/mol. The Morgan fingerprint density at radius 3 is 2.59 bits per heavy atom. The molecule has 2 amide bonds. The van der Waals surface area contributed by atoms with Gasteiger partial charge in [-0.05, 0) is 67.4 Å². The summed E-state index contributed by atoms with van der Waals surface area (Å²) < 4.78 is 14.9. The van der Waals surface area contributed by atoms with E-state index in [1.54, 1.807) is 36.1 Å². The van der Waals surface area contributed by atoms with Crippen LogP contribution in [0.15, 0.2) is 66.7 Å². The van der Waals surface area contributed by atoms with Crippen molar-refractivity contribution in [3.63, 3.8) is 0 Å². The van der Waals surface area contributed by atoms with E-state index in [0.29, 0.717) is 29.2 Å². The summed E-state index contributed by atoms with van der Waals surface area (Å²) in [5.41, 5.74) is 4.22. The zero-order chi connectivity index (χ0) is 23.8. The van der Waals surface area contributed by atoms with Crippen molar-refractivity contribution in [2.75, 3.05) is 16.8 Å². The fraction of sp³-hybridized carbons (Fsp3) is 0.120. The van der Waals surface area contributed by atoms with Crippen molar-refractivity contribution in [2.24, 2.45) is 0 Å². The van der Waals surface area contributed by atoms with E-state index in [1.165, 1.54) is 22.9 Å². The number of nitrogens with one attached hydrogen (secondary N) is 1. The van der Waals surface area contributed by atoms with Crippen LogP contribution in [0.2, 0.25) is 5.02 Å². The number of aromatic nitrogens is 3. The molecule has 1 aromatic heterocycles. The number of para-hydroxylation sites is 1. The smallest absolute Gasteiger partial charge is 0.278 e. The first-order valence-corrected chi connectivity index (χ1v) is 11.0.